The van der Waals surface area contributed by atoms with Crippen LogP contribution in [-0.2, 0) is 11.8 Å². The fourth-order valence-corrected chi connectivity index (χ4v) is 1.59. The summed E-state index contributed by atoms with van der Waals surface area (Å²) in [6.07, 6.45) is 2.45. The van der Waals surface area contributed by atoms with Crippen LogP contribution in [0.1, 0.15) is 30.8 Å². The van der Waals surface area contributed by atoms with Gasteiger partial charge in [-0.15, -0.1) is 0 Å². The molecule has 0 saturated carbocycles. The van der Waals surface area contributed by atoms with E-state index in [0.29, 0.717) is 23.9 Å². The fraction of sp³-hybridized carbons (Fsp3) is 0.636. The molecule has 5 nitrogen and oxygen atoms in total. The average Bonchev–Trinajstić information content (AvgIpc) is 2.57. The van der Waals surface area contributed by atoms with Gasteiger partial charge in [0.2, 0.25) is 0 Å². The molecule has 1 N–H and O–H groups in total. The van der Waals surface area contributed by atoms with Crippen molar-refractivity contribution in [3.8, 4) is 0 Å². The molecular weight excluding hydrogens is 242 g/mol. The summed E-state index contributed by atoms with van der Waals surface area (Å²) in [7, 11) is 1.68. The molecule has 0 aliphatic rings. The maximum absolute atomic E-state index is 11.7. The van der Waals surface area contributed by atoms with Gasteiger partial charge in [-0.3, -0.25) is 9.48 Å². The molecule has 0 aliphatic heterocycles. The summed E-state index contributed by atoms with van der Waals surface area (Å²) in [4.78, 5) is 11.7. The van der Waals surface area contributed by atoms with Crippen molar-refractivity contribution in [2.24, 2.45) is 7.05 Å². The molecule has 1 aromatic heterocycles. The molecule has 96 valence electrons. The number of hydrogen-bond acceptors (Lipinski definition) is 3. The molecular formula is C11H18ClN3O2. The normalized spacial score (nSPS) is 10.9. The molecule has 6 heteroatoms. The summed E-state index contributed by atoms with van der Waals surface area (Å²) < 4.78 is 6.83. The first kappa shape index (κ1) is 14.0. The van der Waals surface area contributed by atoms with Crippen molar-refractivity contribution in [2.45, 2.75) is 26.4 Å². The zero-order valence-electron chi connectivity index (χ0n) is 10.4. The number of carbonyl (C=O) groups is 1. The van der Waals surface area contributed by atoms with Crippen LogP contribution >= 0.6 is 11.6 Å². The highest BCUT2D eigenvalue weighted by atomic mass is 35.5. The van der Waals surface area contributed by atoms with Crippen LogP contribution in [0.4, 0.5) is 0 Å². The summed E-state index contributed by atoms with van der Waals surface area (Å²) >= 11 is 5.85. The van der Waals surface area contributed by atoms with Gasteiger partial charge in [0.05, 0.1) is 17.3 Å². The first-order valence-corrected chi connectivity index (χ1v) is 5.97. The summed E-state index contributed by atoms with van der Waals surface area (Å²) in [5.41, 5.74) is 0.386. The highest BCUT2D eigenvalue weighted by molar-refractivity contribution is 6.33. The van der Waals surface area contributed by atoms with Gasteiger partial charge in [0.1, 0.15) is 5.69 Å². The molecule has 1 amide bonds. The number of amides is 1. The predicted octanol–water partition coefficient (Wildman–Crippen LogP) is 1.62. The second-order valence-electron chi connectivity index (χ2n) is 3.99. The number of aromatic nitrogens is 2. The van der Waals surface area contributed by atoms with Crippen LogP contribution in [-0.4, -0.2) is 34.9 Å². The Bertz CT molecular complexity index is 357. The summed E-state index contributed by atoms with van der Waals surface area (Å²) in [6, 6.07) is 0. The van der Waals surface area contributed by atoms with Gasteiger partial charge in [0.15, 0.2) is 0 Å². The van der Waals surface area contributed by atoms with E-state index in [-0.39, 0.29) is 12.0 Å². The predicted molar refractivity (Wildman–Crippen MR) is 66.3 cm³/mol. The molecule has 1 aromatic rings. The Morgan fingerprint density at radius 1 is 1.65 bits per heavy atom. The van der Waals surface area contributed by atoms with E-state index in [1.165, 1.54) is 10.9 Å². The van der Waals surface area contributed by atoms with Gasteiger partial charge >= 0.3 is 0 Å². The van der Waals surface area contributed by atoms with Crippen LogP contribution in [0.15, 0.2) is 6.20 Å². The Balaban J connectivity index is 2.31. The third kappa shape index (κ3) is 4.36. The van der Waals surface area contributed by atoms with E-state index in [2.05, 4.69) is 10.4 Å². The van der Waals surface area contributed by atoms with Crippen LogP contribution in [0, 0.1) is 0 Å². The lowest BCUT2D eigenvalue weighted by atomic mass is 10.3. The van der Waals surface area contributed by atoms with Crippen LogP contribution in [0.25, 0.3) is 0 Å². The first-order valence-electron chi connectivity index (χ1n) is 5.59. The lowest BCUT2D eigenvalue weighted by Gasteiger charge is -2.08. The SMILES string of the molecule is CC(C)OCCCNC(=O)c1c(Cl)cnn1C. The number of nitrogens with one attached hydrogen (secondary N) is 1. The van der Waals surface area contributed by atoms with Crippen molar-refractivity contribution in [3.63, 3.8) is 0 Å². The van der Waals surface area contributed by atoms with E-state index >= 15 is 0 Å². The topological polar surface area (TPSA) is 56.1 Å². The third-order valence-electron chi connectivity index (χ3n) is 2.17. The Hall–Kier alpha value is -1.07. The molecule has 0 radical (unpaired) electrons. The number of hydrogen-bond donors (Lipinski definition) is 1. The monoisotopic (exact) mass is 259 g/mol. The standard InChI is InChI=1S/C11H18ClN3O2/c1-8(2)17-6-4-5-13-11(16)10-9(12)7-14-15(10)3/h7-8H,4-6H2,1-3H3,(H,13,16). The smallest absolute Gasteiger partial charge is 0.271 e. The molecule has 0 atom stereocenters. The van der Waals surface area contributed by atoms with Gasteiger partial charge in [-0.2, -0.15) is 5.10 Å². The minimum absolute atomic E-state index is 0.209. The van der Waals surface area contributed by atoms with E-state index in [1.54, 1.807) is 7.05 Å². The fourth-order valence-electron chi connectivity index (χ4n) is 1.34. The number of aryl methyl sites for hydroxylation is 1. The number of carbonyl (C=O) groups excluding carboxylic acids is 1. The Labute approximate surface area is 106 Å². The van der Waals surface area contributed by atoms with Crippen molar-refractivity contribution >= 4 is 17.5 Å². The molecule has 17 heavy (non-hydrogen) atoms. The van der Waals surface area contributed by atoms with Crippen molar-refractivity contribution in [1.29, 1.82) is 0 Å². The van der Waals surface area contributed by atoms with Gasteiger partial charge in [-0.25, -0.2) is 0 Å². The van der Waals surface area contributed by atoms with Crippen LogP contribution in [0.3, 0.4) is 0 Å². The number of halogens is 1. The highest BCUT2D eigenvalue weighted by Crippen LogP contribution is 2.13. The minimum atomic E-state index is -0.209. The zero-order chi connectivity index (χ0) is 12.8. The molecule has 0 saturated heterocycles. The molecule has 0 unspecified atom stereocenters. The Morgan fingerprint density at radius 2 is 2.35 bits per heavy atom. The Kier molecular flexibility index (Phi) is 5.44. The zero-order valence-corrected chi connectivity index (χ0v) is 11.1. The second-order valence-corrected chi connectivity index (χ2v) is 4.40. The molecule has 0 aromatic carbocycles. The van der Waals surface area contributed by atoms with Crippen LogP contribution in [0.2, 0.25) is 5.02 Å². The third-order valence-corrected chi connectivity index (χ3v) is 2.44. The summed E-state index contributed by atoms with van der Waals surface area (Å²) in [5.74, 6) is -0.209. The molecule has 1 rings (SSSR count). The van der Waals surface area contributed by atoms with Gasteiger partial charge in [-0.05, 0) is 20.3 Å². The Morgan fingerprint density at radius 3 is 2.88 bits per heavy atom. The minimum Gasteiger partial charge on any atom is -0.379 e. The van der Waals surface area contributed by atoms with Gasteiger partial charge in [0.25, 0.3) is 5.91 Å². The molecule has 0 bridgehead atoms. The molecule has 0 fully saturated rings. The lowest BCUT2D eigenvalue weighted by Crippen LogP contribution is -2.27. The quantitative estimate of drug-likeness (QED) is 0.790. The summed E-state index contributed by atoms with van der Waals surface area (Å²) in [5, 5.41) is 7.04. The maximum atomic E-state index is 11.7. The van der Waals surface area contributed by atoms with E-state index < -0.39 is 0 Å². The summed E-state index contributed by atoms with van der Waals surface area (Å²) in [6.45, 7) is 5.16. The largest absolute Gasteiger partial charge is 0.379 e. The van der Waals surface area contributed by atoms with Crippen LogP contribution in [0.5, 0.6) is 0 Å². The molecule has 0 aliphatic carbocycles. The van der Waals surface area contributed by atoms with Crippen molar-refractivity contribution < 1.29 is 9.53 Å². The van der Waals surface area contributed by atoms with Gasteiger partial charge in [-0.1, -0.05) is 11.6 Å². The molecule has 1 heterocycles. The van der Waals surface area contributed by atoms with Crippen molar-refractivity contribution in [3.05, 3.63) is 16.9 Å². The van der Waals surface area contributed by atoms with E-state index in [0.717, 1.165) is 6.42 Å². The van der Waals surface area contributed by atoms with E-state index in [4.69, 9.17) is 16.3 Å². The van der Waals surface area contributed by atoms with Crippen molar-refractivity contribution in [2.75, 3.05) is 13.2 Å². The first-order chi connectivity index (χ1) is 8.02. The average molecular weight is 260 g/mol. The van der Waals surface area contributed by atoms with E-state index in [9.17, 15) is 4.79 Å². The van der Waals surface area contributed by atoms with Gasteiger partial charge < -0.3 is 10.1 Å². The van der Waals surface area contributed by atoms with E-state index in [1.807, 2.05) is 13.8 Å². The number of ether oxygens (including phenoxy) is 1. The second kappa shape index (κ2) is 6.61. The lowest BCUT2D eigenvalue weighted by molar-refractivity contribution is 0.0756. The van der Waals surface area contributed by atoms with Gasteiger partial charge in [0, 0.05) is 20.2 Å². The maximum Gasteiger partial charge on any atom is 0.271 e. The molecule has 0 spiro atoms. The number of nitrogens with zero attached hydrogens (tertiary/aromatic N) is 2. The van der Waals surface area contributed by atoms with Crippen molar-refractivity contribution in [1.82, 2.24) is 15.1 Å². The number of rotatable bonds is 6. The highest BCUT2D eigenvalue weighted by Gasteiger charge is 2.14. The van der Waals surface area contributed by atoms with Crippen LogP contribution < -0.4 is 5.32 Å².